The van der Waals surface area contributed by atoms with Gasteiger partial charge in [-0.3, -0.25) is 4.79 Å². The molecule has 0 spiro atoms. The highest BCUT2D eigenvalue weighted by atomic mass is 16.1. The molecule has 0 unspecified atom stereocenters. The Hall–Kier alpha value is -1.57. The molecule has 0 atom stereocenters. The molecule has 0 radical (unpaired) electrons. The SMILES string of the molecule is CC(C)(C=Cc1ccccc1)C(N)=O. The molecule has 1 aromatic rings. The van der Waals surface area contributed by atoms with E-state index in [1.54, 1.807) is 13.8 Å². The second-order valence-corrected chi connectivity index (χ2v) is 3.83. The van der Waals surface area contributed by atoms with Crippen LogP contribution in [0.1, 0.15) is 19.4 Å². The van der Waals surface area contributed by atoms with Crippen molar-refractivity contribution in [1.82, 2.24) is 0 Å². The number of primary amides is 1. The van der Waals surface area contributed by atoms with Crippen molar-refractivity contribution < 1.29 is 4.79 Å². The summed E-state index contributed by atoms with van der Waals surface area (Å²) in [6, 6.07) is 9.82. The smallest absolute Gasteiger partial charge is 0.226 e. The van der Waals surface area contributed by atoms with E-state index in [2.05, 4.69) is 0 Å². The number of rotatable bonds is 3. The number of hydrogen-bond acceptors (Lipinski definition) is 1. The van der Waals surface area contributed by atoms with Gasteiger partial charge in [0.05, 0.1) is 5.41 Å². The number of carbonyl (C=O) groups is 1. The van der Waals surface area contributed by atoms with Gasteiger partial charge in [-0.1, -0.05) is 42.5 Å². The number of carbonyl (C=O) groups excluding carboxylic acids is 1. The average molecular weight is 189 g/mol. The van der Waals surface area contributed by atoms with E-state index in [0.29, 0.717) is 0 Å². The molecule has 0 aliphatic rings. The van der Waals surface area contributed by atoms with E-state index < -0.39 is 5.41 Å². The molecule has 2 nitrogen and oxygen atoms in total. The highest BCUT2D eigenvalue weighted by molar-refractivity contribution is 5.83. The van der Waals surface area contributed by atoms with E-state index in [0.717, 1.165) is 5.56 Å². The predicted octanol–water partition coefficient (Wildman–Crippen LogP) is 2.21. The Labute approximate surface area is 84.4 Å². The van der Waals surface area contributed by atoms with Crippen molar-refractivity contribution in [3.05, 3.63) is 42.0 Å². The Morgan fingerprint density at radius 2 is 1.86 bits per heavy atom. The molecule has 0 aliphatic heterocycles. The summed E-state index contributed by atoms with van der Waals surface area (Å²) >= 11 is 0. The summed E-state index contributed by atoms with van der Waals surface area (Å²) in [5, 5.41) is 0. The van der Waals surface area contributed by atoms with Crippen LogP contribution in [-0.2, 0) is 4.79 Å². The van der Waals surface area contributed by atoms with Gasteiger partial charge in [0.15, 0.2) is 0 Å². The third kappa shape index (κ3) is 2.73. The van der Waals surface area contributed by atoms with Crippen molar-refractivity contribution in [2.24, 2.45) is 11.1 Å². The third-order valence-electron chi connectivity index (χ3n) is 2.13. The highest BCUT2D eigenvalue weighted by Crippen LogP contribution is 2.17. The van der Waals surface area contributed by atoms with Crippen molar-refractivity contribution in [2.75, 3.05) is 0 Å². The molecule has 14 heavy (non-hydrogen) atoms. The van der Waals surface area contributed by atoms with E-state index in [9.17, 15) is 4.79 Å². The van der Waals surface area contributed by atoms with Crippen molar-refractivity contribution in [1.29, 1.82) is 0 Å². The van der Waals surface area contributed by atoms with Gasteiger partial charge in [0.25, 0.3) is 0 Å². The monoisotopic (exact) mass is 189 g/mol. The van der Waals surface area contributed by atoms with Gasteiger partial charge < -0.3 is 5.73 Å². The van der Waals surface area contributed by atoms with E-state index in [4.69, 9.17) is 5.73 Å². The van der Waals surface area contributed by atoms with E-state index in [1.165, 1.54) is 0 Å². The van der Waals surface area contributed by atoms with Gasteiger partial charge in [-0.2, -0.15) is 0 Å². The zero-order valence-corrected chi connectivity index (χ0v) is 8.53. The quantitative estimate of drug-likeness (QED) is 0.778. The zero-order chi connectivity index (χ0) is 10.6. The van der Waals surface area contributed by atoms with Crippen molar-refractivity contribution in [3.8, 4) is 0 Å². The van der Waals surface area contributed by atoms with E-state index in [1.807, 2.05) is 42.5 Å². The maximum atomic E-state index is 11.0. The lowest BCUT2D eigenvalue weighted by atomic mass is 9.91. The van der Waals surface area contributed by atoms with Gasteiger partial charge in [0.1, 0.15) is 0 Å². The topological polar surface area (TPSA) is 43.1 Å². The molecule has 0 saturated carbocycles. The van der Waals surface area contributed by atoms with Crippen LogP contribution in [0.15, 0.2) is 36.4 Å². The molecule has 1 aromatic carbocycles. The maximum absolute atomic E-state index is 11.0. The lowest BCUT2D eigenvalue weighted by molar-refractivity contribution is -0.123. The molecule has 2 heteroatoms. The zero-order valence-electron chi connectivity index (χ0n) is 8.53. The summed E-state index contributed by atoms with van der Waals surface area (Å²) in [5.74, 6) is -0.315. The van der Waals surface area contributed by atoms with Crippen molar-refractivity contribution >= 4 is 12.0 Å². The fraction of sp³-hybridized carbons (Fsp3) is 0.250. The second-order valence-electron chi connectivity index (χ2n) is 3.83. The van der Waals surface area contributed by atoms with Crippen LogP contribution in [-0.4, -0.2) is 5.91 Å². The first-order valence-corrected chi connectivity index (χ1v) is 4.56. The Bertz CT molecular complexity index is 339. The molecular weight excluding hydrogens is 174 g/mol. The van der Waals surface area contributed by atoms with E-state index in [-0.39, 0.29) is 5.91 Å². The number of benzene rings is 1. The molecule has 0 saturated heterocycles. The minimum Gasteiger partial charge on any atom is -0.369 e. The largest absolute Gasteiger partial charge is 0.369 e. The normalized spacial score (nSPS) is 11.9. The Morgan fingerprint density at radius 1 is 1.29 bits per heavy atom. The molecule has 0 aliphatic carbocycles. The summed E-state index contributed by atoms with van der Waals surface area (Å²) in [5.41, 5.74) is 5.73. The van der Waals surface area contributed by atoms with Crippen LogP contribution in [0.4, 0.5) is 0 Å². The first-order chi connectivity index (χ1) is 6.52. The van der Waals surface area contributed by atoms with Crippen LogP contribution >= 0.6 is 0 Å². The molecule has 1 rings (SSSR count). The van der Waals surface area contributed by atoms with Gasteiger partial charge in [-0.25, -0.2) is 0 Å². The van der Waals surface area contributed by atoms with Gasteiger partial charge in [0, 0.05) is 0 Å². The molecule has 0 aromatic heterocycles. The van der Waals surface area contributed by atoms with Gasteiger partial charge in [-0.05, 0) is 19.4 Å². The van der Waals surface area contributed by atoms with Crippen molar-refractivity contribution in [2.45, 2.75) is 13.8 Å². The molecule has 2 N–H and O–H groups in total. The Balaban J connectivity index is 2.79. The van der Waals surface area contributed by atoms with Gasteiger partial charge in [0.2, 0.25) is 5.91 Å². The fourth-order valence-electron chi connectivity index (χ4n) is 0.951. The number of nitrogens with two attached hydrogens (primary N) is 1. The molecule has 0 fully saturated rings. The van der Waals surface area contributed by atoms with Gasteiger partial charge in [-0.15, -0.1) is 0 Å². The van der Waals surface area contributed by atoms with E-state index >= 15 is 0 Å². The summed E-state index contributed by atoms with van der Waals surface area (Å²) in [7, 11) is 0. The maximum Gasteiger partial charge on any atom is 0.226 e. The molecule has 1 amide bonds. The van der Waals surface area contributed by atoms with Crippen LogP contribution in [0.3, 0.4) is 0 Å². The standard InChI is InChI=1S/C12H15NO/c1-12(2,11(13)14)9-8-10-6-4-3-5-7-10/h3-9H,1-2H3,(H2,13,14). The van der Waals surface area contributed by atoms with Crippen LogP contribution < -0.4 is 5.73 Å². The summed E-state index contributed by atoms with van der Waals surface area (Å²) in [4.78, 5) is 11.0. The molecule has 0 heterocycles. The minimum atomic E-state index is -0.587. The number of hydrogen-bond donors (Lipinski definition) is 1. The Kier molecular flexibility index (Phi) is 3.07. The van der Waals surface area contributed by atoms with Gasteiger partial charge >= 0.3 is 0 Å². The van der Waals surface area contributed by atoms with Crippen LogP contribution in [0.2, 0.25) is 0 Å². The summed E-state index contributed by atoms with van der Waals surface area (Å²) in [6.45, 7) is 3.60. The molecule has 0 bridgehead atoms. The first-order valence-electron chi connectivity index (χ1n) is 4.56. The third-order valence-corrected chi connectivity index (χ3v) is 2.13. The first kappa shape index (κ1) is 10.5. The van der Waals surface area contributed by atoms with Crippen molar-refractivity contribution in [3.63, 3.8) is 0 Å². The second kappa shape index (κ2) is 4.09. The highest BCUT2D eigenvalue weighted by Gasteiger charge is 2.20. The predicted molar refractivity (Wildman–Crippen MR) is 58.5 cm³/mol. The van der Waals surface area contributed by atoms with Crippen LogP contribution in [0, 0.1) is 5.41 Å². The average Bonchev–Trinajstić information content (AvgIpc) is 2.16. The molecular formula is C12H15NO. The fourth-order valence-corrected chi connectivity index (χ4v) is 0.951. The lowest BCUT2D eigenvalue weighted by Gasteiger charge is -2.14. The van der Waals surface area contributed by atoms with Crippen LogP contribution in [0.5, 0.6) is 0 Å². The lowest BCUT2D eigenvalue weighted by Crippen LogP contribution is -2.29. The number of amides is 1. The minimum absolute atomic E-state index is 0.315. The summed E-state index contributed by atoms with van der Waals surface area (Å²) in [6.07, 6.45) is 3.73. The van der Waals surface area contributed by atoms with Crippen LogP contribution in [0.25, 0.3) is 6.08 Å². The Morgan fingerprint density at radius 3 is 2.36 bits per heavy atom. The summed E-state index contributed by atoms with van der Waals surface area (Å²) < 4.78 is 0. The molecule has 74 valence electrons.